The molecule has 0 aromatic heterocycles. The van der Waals surface area contributed by atoms with E-state index in [0.717, 1.165) is 11.8 Å². The molecular formula is C17H18N2O5S. The number of amides is 2. The van der Waals surface area contributed by atoms with Gasteiger partial charge in [-0.25, -0.2) is 8.42 Å². The molecule has 7 nitrogen and oxygen atoms in total. The molecule has 0 unspecified atom stereocenters. The summed E-state index contributed by atoms with van der Waals surface area (Å²) in [5.74, 6) is -0.727. The van der Waals surface area contributed by atoms with E-state index >= 15 is 0 Å². The average Bonchev–Trinajstić information content (AvgIpc) is 2.54. The van der Waals surface area contributed by atoms with Crippen molar-refractivity contribution in [2.75, 3.05) is 18.2 Å². The maximum absolute atomic E-state index is 12.0. The van der Waals surface area contributed by atoms with Crippen LogP contribution in [-0.2, 0) is 14.6 Å². The van der Waals surface area contributed by atoms with E-state index in [-0.39, 0.29) is 17.1 Å². The highest BCUT2D eigenvalue weighted by Gasteiger charge is 2.12. The number of hydrogen-bond acceptors (Lipinski definition) is 5. The Balaban J connectivity index is 2.06. The van der Waals surface area contributed by atoms with Crippen molar-refractivity contribution in [1.82, 2.24) is 0 Å². The lowest BCUT2D eigenvalue weighted by atomic mass is 10.2. The van der Waals surface area contributed by atoms with Crippen molar-refractivity contribution in [3.63, 3.8) is 0 Å². The summed E-state index contributed by atoms with van der Waals surface area (Å²) in [5.41, 5.74) is 6.57. The van der Waals surface area contributed by atoms with Gasteiger partial charge in [-0.2, -0.15) is 0 Å². The number of aryl methyl sites for hydroxylation is 1. The molecule has 0 aliphatic carbocycles. The fourth-order valence-electron chi connectivity index (χ4n) is 2.04. The fourth-order valence-corrected chi connectivity index (χ4v) is 2.69. The highest BCUT2D eigenvalue weighted by Crippen LogP contribution is 2.20. The van der Waals surface area contributed by atoms with Gasteiger partial charge >= 0.3 is 0 Å². The number of hydrogen-bond donors (Lipinski definition) is 2. The number of carbonyl (C=O) groups is 2. The van der Waals surface area contributed by atoms with Crippen molar-refractivity contribution >= 4 is 27.3 Å². The van der Waals surface area contributed by atoms with Crippen molar-refractivity contribution in [1.29, 1.82) is 0 Å². The third kappa shape index (κ3) is 5.05. The molecule has 2 aromatic rings. The van der Waals surface area contributed by atoms with E-state index in [1.165, 1.54) is 24.3 Å². The summed E-state index contributed by atoms with van der Waals surface area (Å²) in [6.07, 6.45) is 1.10. The summed E-state index contributed by atoms with van der Waals surface area (Å²) in [6, 6.07) is 10.6. The molecule has 132 valence electrons. The van der Waals surface area contributed by atoms with Crippen LogP contribution < -0.4 is 15.8 Å². The Labute approximate surface area is 145 Å². The first-order chi connectivity index (χ1) is 11.7. The summed E-state index contributed by atoms with van der Waals surface area (Å²) in [6.45, 7) is 1.45. The number of anilines is 1. The number of nitrogens with one attached hydrogen (secondary N) is 1. The number of rotatable bonds is 6. The number of nitrogens with two attached hydrogens (primary N) is 1. The first-order valence-corrected chi connectivity index (χ1v) is 9.19. The normalized spacial score (nSPS) is 11.0. The van der Waals surface area contributed by atoms with Gasteiger partial charge in [-0.15, -0.1) is 0 Å². The maximum Gasteiger partial charge on any atom is 0.262 e. The first kappa shape index (κ1) is 18.5. The van der Waals surface area contributed by atoms with E-state index in [4.69, 9.17) is 10.5 Å². The minimum absolute atomic E-state index is 0.114. The van der Waals surface area contributed by atoms with E-state index < -0.39 is 21.7 Å². The Morgan fingerprint density at radius 1 is 1.16 bits per heavy atom. The van der Waals surface area contributed by atoms with Crippen LogP contribution in [-0.4, -0.2) is 33.1 Å². The van der Waals surface area contributed by atoms with E-state index in [9.17, 15) is 18.0 Å². The van der Waals surface area contributed by atoms with Gasteiger partial charge in [0.2, 0.25) is 5.91 Å². The highest BCUT2D eigenvalue weighted by molar-refractivity contribution is 7.90. The minimum Gasteiger partial charge on any atom is -0.484 e. The van der Waals surface area contributed by atoms with Gasteiger partial charge in [-0.05, 0) is 42.8 Å². The van der Waals surface area contributed by atoms with Gasteiger partial charge in [0.15, 0.2) is 16.4 Å². The molecule has 0 heterocycles. The molecule has 3 N–H and O–H groups in total. The largest absolute Gasteiger partial charge is 0.484 e. The average molecular weight is 362 g/mol. The second-order valence-corrected chi connectivity index (χ2v) is 7.49. The number of ether oxygens (including phenoxy) is 1. The zero-order valence-electron chi connectivity index (χ0n) is 13.8. The predicted octanol–water partition coefficient (Wildman–Crippen LogP) is 1.51. The van der Waals surface area contributed by atoms with Crippen LogP contribution >= 0.6 is 0 Å². The summed E-state index contributed by atoms with van der Waals surface area (Å²) < 4.78 is 28.5. The molecule has 0 aliphatic rings. The molecule has 0 atom stereocenters. The van der Waals surface area contributed by atoms with Crippen molar-refractivity contribution in [2.45, 2.75) is 11.8 Å². The zero-order chi connectivity index (χ0) is 18.6. The molecule has 0 aliphatic heterocycles. The van der Waals surface area contributed by atoms with Crippen LogP contribution in [0.4, 0.5) is 5.69 Å². The van der Waals surface area contributed by atoms with E-state index in [1.54, 1.807) is 25.1 Å². The maximum atomic E-state index is 12.0. The third-order valence-corrected chi connectivity index (χ3v) is 4.51. The van der Waals surface area contributed by atoms with Gasteiger partial charge in [0, 0.05) is 17.5 Å². The van der Waals surface area contributed by atoms with Gasteiger partial charge < -0.3 is 15.8 Å². The van der Waals surface area contributed by atoms with Gasteiger partial charge in [0.1, 0.15) is 5.75 Å². The molecule has 0 saturated heterocycles. The standard InChI is InChI=1S/C17H18N2O5S/c1-11-6-7-14(25(2,22)23)9-15(11)19-16(20)10-24-13-5-3-4-12(8-13)17(18)21/h3-9H,10H2,1-2H3,(H2,18,21)(H,19,20). The molecule has 0 bridgehead atoms. The van der Waals surface area contributed by atoms with Crippen molar-refractivity contribution in [2.24, 2.45) is 5.73 Å². The van der Waals surface area contributed by atoms with Crippen molar-refractivity contribution in [3.05, 3.63) is 53.6 Å². The quantitative estimate of drug-likeness (QED) is 0.808. The van der Waals surface area contributed by atoms with Crippen LogP contribution in [0.3, 0.4) is 0 Å². The SMILES string of the molecule is Cc1ccc(S(C)(=O)=O)cc1NC(=O)COc1cccc(C(N)=O)c1. The number of primary amides is 1. The topological polar surface area (TPSA) is 116 Å². The number of sulfone groups is 1. The Bertz CT molecular complexity index is 922. The lowest BCUT2D eigenvalue weighted by molar-refractivity contribution is -0.118. The van der Waals surface area contributed by atoms with Gasteiger partial charge in [-0.1, -0.05) is 12.1 Å². The second-order valence-electron chi connectivity index (χ2n) is 5.48. The molecule has 2 amide bonds. The predicted molar refractivity (Wildman–Crippen MR) is 93.4 cm³/mol. The van der Waals surface area contributed by atoms with E-state index in [0.29, 0.717) is 11.4 Å². The van der Waals surface area contributed by atoms with Gasteiger partial charge in [0.05, 0.1) is 4.90 Å². The molecule has 0 fully saturated rings. The summed E-state index contributed by atoms with van der Waals surface area (Å²) in [5, 5.41) is 2.61. The Kier molecular flexibility index (Phi) is 5.43. The molecule has 2 rings (SSSR count). The molecule has 0 saturated carbocycles. The van der Waals surface area contributed by atoms with Crippen LogP contribution in [0.2, 0.25) is 0 Å². The van der Waals surface area contributed by atoms with E-state index in [1.807, 2.05) is 0 Å². The van der Waals surface area contributed by atoms with Crippen LogP contribution in [0.15, 0.2) is 47.4 Å². The fraction of sp³-hybridized carbons (Fsp3) is 0.176. The van der Waals surface area contributed by atoms with Gasteiger partial charge in [0.25, 0.3) is 5.91 Å². The number of benzene rings is 2. The summed E-state index contributed by atoms with van der Waals surface area (Å²) >= 11 is 0. The molecular weight excluding hydrogens is 344 g/mol. The smallest absolute Gasteiger partial charge is 0.262 e. The van der Waals surface area contributed by atoms with Crippen LogP contribution in [0.1, 0.15) is 15.9 Å². The van der Waals surface area contributed by atoms with Crippen LogP contribution in [0.25, 0.3) is 0 Å². The molecule has 8 heteroatoms. The Morgan fingerprint density at radius 2 is 1.88 bits per heavy atom. The molecule has 0 radical (unpaired) electrons. The van der Waals surface area contributed by atoms with Crippen LogP contribution in [0.5, 0.6) is 5.75 Å². The molecule has 2 aromatic carbocycles. The summed E-state index contributed by atoms with van der Waals surface area (Å²) in [7, 11) is -3.37. The molecule has 25 heavy (non-hydrogen) atoms. The van der Waals surface area contributed by atoms with Gasteiger partial charge in [-0.3, -0.25) is 9.59 Å². The zero-order valence-corrected chi connectivity index (χ0v) is 14.6. The highest BCUT2D eigenvalue weighted by atomic mass is 32.2. The lowest BCUT2D eigenvalue weighted by Gasteiger charge is -2.11. The second kappa shape index (κ2) is 7.35. The molecule has 0 spiro atoms. The summed E-state index contributed by atoms with van der Waals surface area (Å²) in [4.78, 5) is 23.3. The van der Waals surface area contributed by atoms with E-state index in [2.05, 4.69) is 5.32 Å². The van der Waals surface area contributed by atoms with Crippen LogP contribution in [0, 0.1) is 6.92 Å². The van der Waals surface area contributed by atoms with Crippen molar-refractivity contribution in [3.8, 4) is 5.75 Å². The van der Waals surface area contributed by atoms with Crippen molar-refractivity contribution < 1.29 is 22.7 Å². The lowest BCUT2D eigenvalue weighted by Crippen LogP contribution is -2.21. The third-order valence-electron chi connectivity index (χ3n) is 3.40. The Morgan fingerprint density at radius 3 is 2.52 bits per heavy atom. The minimum atomic E-state index is -3.37. The Hall–Kier alpha value is -2.87. The monoisotopic (exact) mass is 362 g/mol. The first-order valence-electron chi connectivity index (χ1n) is 7.30. The number of carbonyl (C=O) groups excluding carboxylic acids is 2.